The molecule has 1 aromatic heterocycles. The average Bonchev–Trinajstić information content (AvgIpc) is 0.746. The lowest BCUT2D eigenvalue weighted by Gasteiger charge is -2.46. The van der Waals surface area contributed by atoms with Crippen LogP contribution < -0.4 is 31.1 Å². The summed E-state index contributed by atoms with van der Waals surface area (Å²) in [6.45, 7) is 27.2. The van der Waals surface area contributed by atoms with Gasteiger partial charge in [-0.15, -0.1) is 0 Å². The van der Waals surface area contributed by atoms with Gasteiger partial charge in [-0.1, -0.05) is 332 Å². The predicted octanol–water partition coefficient (Wildman–Crippen LogP) is 27.5. The zero-order chi connectivity index (χ0) is 80.6. The smallest absolute Gasteiger partial charge is 0.252 e. The summed E-state index contributed by atoms with van der Waals surface area (Å²) in [5.41, 5.74) is 29.8. The monoisotopic (exact) mass is 1440 g/mol. The van der Waals surface area contributed by atoms with E-state index in [1.165, 1.54) is 27.5 Å². The summed E-state index contributed by atoms with van der Waals surface area (Å²) in [6.07, 6.45) is 0. The summed E-state index contributed by atoms with van der Waals surface area (Å²) >= 11 is 0. The van der Waals surface area contributed by atoms with Crippen molar-refractivity contribution >= 4 is 96.1 Å². The Bertz CT molecular complexity index is 6310. The molecule has 15 aromatic carbocycles. The lowest BCUT2D eigenvalue weighted by atomic mass is 9.33. The van der Waals surface area contributed by atoms with E-state index in [4.69, 9.17) is 1.37 Å². The van der Waals surface area contributed by atoms with Crippen LogP contribution >= 0.6 is 0 Å². The van der Waals surface area contributed by atoms with Gasteiger partial charge in [0, 0.05) is 72.8 Å². The molecule has 0 N–H and O–H groups in total. The Morgan fingerprint density at radius 3 is 1.03 bits per heavy atom. The lowest BCUT2D eigenvalue weighted by Crippen LogP contribution is -2.61. The Morgan fingerprint density at radius 1 is 0.279 bits per heavy atom. The first-order valence-corrected chi connectivity index (χ1v) is 39.0. The van der Waals surface area contributed by atoms with Gasteiger partial charge in [-0.25, -0.2) is 0 Å². The number of anilines is 9. The molecule has 540 valence electrons. The van der Waals surface area contributed by atoms with E-state index >= 15 is 0 Å². The molecule has 2 aliphatic heterocycles. The fraction of sp³-hybridized carbons (Fsp3) is 0.151. The van der Waals surface area contributed by atoms with E-state index in [9.17, 15) is 5.48 Å². The van der Waals surface area contributed by atoms with Gasteiger partial charge < -0.3 is 19.3 Å². The Kier molecular flexibility index (Phi) is 15.9. The minimum atomic E-state index is -0.486. The van der Waals surface area contributed by atoms with Gasteiger partial charge in [0.15, 0.2) is 0 Å². The van der Waals surface area contributed by atoms with Crippen molar-refractivity contribution in [3.05, 3.63) is 368 Å². The van der Waals surface area contributed by atoms with Crippen LogP contribution in [0.5, 0.6) is 0 Å². The van der Waals surface area contributed by atoms with Crippen molar-refractivity contribution in [3.8, 4) is 72.4 Å². The first-order chi connectivity index (χ1) is 55.7. The van der Waals surface area contributed by atoms with Gasteiger partial charge in [0.05, 0.1) is 34.9 Å². The van der Waals surface area contributed by atoms with E-state index < -0.39 is 24.8 Å². The van der Waals surface area contributed by atoms with Gasteiger partial charge in [-0.2, -0.15) is 0 Å². The summed E-state index contributed by atoms with van der Waals surface area (Å²) in [4.78, 5) is 7.57. The second kappa shape index (κ2) is 27.3. The van der Waals surface area contributed by atoms with Crippen LogP contribution in [-0.2, 0) is 21.7 Å². The maximum absolute atomic E-state index is 9.79. The summed E-state index contributed by atoms with van der Waals surface area (Å²) in [5, 5.41) is 2.38. The molecule has 0 atom stereocenters. The molecule has 16 aromatic rings. The molecule has 5 heteroatoms. The number of benzene rings is 15. The number of hydrogen-bond acceptors (Lipinski definition) is 3. The third-order valence-electron chi connectivity index (χ3n) is 22.8. The van der Waals surface area contributed by atoms with E-state index in [0.29, 0.717) is 5.56 Å². The van der Waals surface area contributed by atoms with Gasteiger partial charge in [0.1, 0.15) is 0 Å². The first-order valence-electron chi connectivity index (χ1n) is 41.5. The number of rotatable bonds is 12. The highest BCUT2D eigenvalue weighted by molar-refractivity contribution is 7.00. The van der Waals surface area contributed by atoms with E-state index in [1.807, 2.05) is 6.07 Å². The van der Waals surface area contributed by atoms with Crippen molar-refractivity contribution in [1.29, 1.82) is 0 Å². The molecule has 0 fully saturated rings. The van der Waals surface area contributed by atoms with Crippen molar-refractivity contribution in [1.82, 2.24) is 4.57 Å². The largest absolute Gasteiger partial charge is 0.310 e. The van der Waals surface area contributed by atoms with Crippen LogP contribution in [0.15, 0.2) is 346 Å². The number of hydrogen-bond donors (Lipinski definition) is 0. The topological polar surface area (TPSA) is 14.7 Å². The molecule has 0 unspecified atom stereocenters. The molecule has 2 aliphatic rings. The molecular weight excluding hydrogens is 1340 g/mol. The molecule has 18 rings (SSSR count). The highest BCUT2D eigenvalue weighted by atomic mass is 15.2. The Hall–Kier alpha value is -12.4. The lowest BCUT2D eigenvalue weighted by molar-refractivity contribution is 0.569. The number of nitrogens with zero attached hydrogens (tertiary/aromatic N) is 4. The van der Waals surface area contributed by atoms with Crippen LogP contribution in [0.4, 0.5) is 51.2 Å². The Balaban J connectivity index is 1.05. The van der Waals surface area contributed by atoms with Crippen LogP contribution in [-0.4, -0.2) is 11.3 Å². The zero-order valence-electron chi connectivity index (χ0n) is 70.4. The summed E-state index contributed by atoms with van der Waals surface area (Å²) in [6, 6.07) is 114. The average molecular weight is 1440 g/mol. The van der Waals surface area contributed by atoms with Crippen LogP contribution in [0.2, 0.25) is 0 Å². The Labute approximate surface area is 663 Å². The van der Waals surface area contributed by atoms with Crippen molar-refractivity contribution in [2.24, 2.45) is 0 Å². The molecule has 3 heterocycles. The standard InChI is InChI=1S/C106H93BN4/c1-103(2,3)78-59-77(60-79(63-78)104(4,5)6)76-52-58-93-97(62-76)111(102-90(73-41-25-16-26-42-73)66-81(106(10,11)12)67-91(102)74-43-27-17-28-44-74)99-69-85(108(82-45-29-18-30-46-82)83-53-55-84(56-54-83)109-94-49-33-31-47-86(94)87-48-32-34-50-95(87)109)68-98-100(99)107(93)92-57-51-75(70-35-19-13-20-36-70)61-96(92)110(98)101-88(71-37-21-14-22-38-71)64-80(105(7,8)9)65-89(101)72-39-23-15-24-40-72/h13-69H,1-12H3/i13D,19D,20D,35D,36D. The summed E-state index contributed by atoms with van der Waals surface area (Å²) in [7, 11) is 0. The first kappa shape index (κ1) is 64.5. The van der Waals surface area contributed by atoms with Crippen LogP contribution in [0.25, 0.3) is 94.3 Å². The van der Waals surface area contributed by atoms with Crippen molar-refractivity contribution < 1.29 is 6.85 Å². The summed E-state index contributed by atoms with van der Waals surface area (Å²) < 4.78 is 49.4. The SMILES string of the molecule is [2H]c1c([2H])c([2H])c(-c2ccc3c(c2)N(c2c(-c4ccccc4)cc(C(C)(C)C)cc2-c2ccccc2)c2cc(N(c4ccccc4)c4ccc(-n5c6ccccc6c6ccccc65)cc4)cc4c2B3c2ccc(-c3cc(C(C)(C)C)cc(C(C)(C)C)c3)cc2N4c2c(-c3ccccc3)cc(C(C)(C)C)cc2-c2ccccc2)c([2H])c1[2H]. The third kappa shape index (κ3) is 12.6. The molecule has 0 aliphatic carbocycles. The van der Waals surface area contributed by atoms with Crippen molar-refractivity contribution in [2.75, 3.05) is 14.7 Å². The van der Waals surface area contributed by atoms with Crippen LogP contribution in [0, 0.1) is 0 Å². The van der Waals surface area contributed by atoms with Crippen molar-refractivity contribution in [2.45, 2.75) is 105 Å². The maximum Gasteiger partial charge on any atom is 0.252 e. The second-order valence-corrected chi connectivity index (χ2v) is 34.2. The van der Waals surface area contributed by atoms with Crippen molar-refractivity contribution in [3.63, 3.8) is 0 Å². The maximum atomic E-state index is 9.79. The van der Waals surface area contributed by atoms with Gasteiger partial charge in [-0.3, -0.25) is 0 Å². The molecule has 0 amide bonds. The molecule has 0 bridgehead atoms. The van der Waals surface area contributed by atoms with Crippen LogP contribution in [0.3, 0.4) is 0 Å². The third-order valence-corrected chi connectivity index (χ3v) is 22.8. The fourth-order valence-corrected chi connectivity index (χ4v) is 16.9. The number of fused-ring (bicyclic) bond motifs is 7. The molecule has 0 spiro atoms. The molecular formula is C106H93BN4. The highest BCUT2D eigenvalue weighted by Gasteiger charge is 2.47. The van der Waals surface area contributed by atoms with Gasteiger partial charge in [0.2, 0.25) is 0 Å². The number of para-hydroxylation sites is 3. The van der Waals surface area contributed by atoms with E-state index in [0.717, 1.165) is 145 Å². The normalized spacial score (nSPS) is 13.4. The molecule has 0 saturated heterocycles. The molecule has 0 radical (unpaired) electrons. The minimum Gasteiger partial charge on any atom is -0.310 e. The van der Waals surface area contributed by atoms with E-state index in [-0.39, 0.29) is 39.3 Å². The highest BCUT2D eigenvalue weighted by Crippen LogP contribution is 2.57. The van der Waals surface area contributed by atoms with Gasteiger partial charge >= 0.3 is 0 Å². The van der Waals surface area contributed by atoms with E-state index in [2.05, 4.69) is 412 Å². The van der Waals surface area contributed by atoms with Crippen LogP contribution in [0.1, 0.15) is 112 Å². The molecule has 4 nitrogen and oxygen atoms in total. The minimum absolute atomic E-state index is 0.126. The van der Waals surface area contributed by atoms with Gasteiger partial charge in [0.25, 0.3) is 6.71 Å². The fourth-order valence-electron chi connectivity index (χ4n) is 16.9. The summed E-state index contributed by atoms with van der Waals surface area (Å²) in [5.74, 6) is 0. The Morgan fingerprint density at radius 2 is 0.631 bits per heavy atom. The number of aromatic nitrogens is 1. The second-order valence-electron chi connectivity index (χ2n) is 34.2. The van der Waals surface area contributed by atoms with Gasteiger partial charge in [-0.05, 0) is 202 Å². The van der Waals surface area contributed by atoms with E-state index in [1.54, 1.807) is 0 Å². The zero-order valence-corrected chi connectivity index (χ0v) is 65.4. The predicted molar refractivity (Wildman–Crippen MR) is 477 cm³/mol. The molecule has 111 heavy (non-hydrogen) atoms. The quantitative estimate of drug-likeness (QED) is 0.113. The molecule has 0 saturated carbocycles.